The molecule has 2 N–H and O–H groups in total. The van der Waals surface area contributed by atoms with Crippen molar-refractivity contribution >= 4 is 5.91 Å². The molecule has 0 aliphatic carbocycles. The van der Waals surface area contributed by atoms with Crippen LogP contribution in [-0.2, 0) is 6.42 Å². The molecular weight excluding hydrogens is 166 g/mol. The van der Waals surface area contributed by atoms with Gasteiger partial charge in [0.25, 0.3) is 0 Å². The lowest BCUT2D eigenvalue weighted by molar-refractivity contribution is 0.1000. The van der Waals surface area contributed by atoms with E-state index in [1.165, 1.54) is 0 Å². The molecular formula is C10H11NO2. The molecule has 68 valence electrons. The first-order chi connectivity index (χ1) is 6.16. The lowest BCUT2D eigenvalue weighted by atomic mass is 10.1. The van der Waals surface area contributed by atoms with Crippen molar-refractivity contribution in [1.29, 1.82) is 0 Å². The van der Waals surface area contributed by atoms with E-state index in [2.05, 4.69) is 0 Å². The molecule has 1 aromatic carbocycles. The molecule has 1 amide bonds. The molecule has 0 saturated heterocycles. The summed E-state index contributed by atoms with van der Waals surface area (Å²) >= 11 is 0. The Morgan fingerprint density at radius 2 is 2.38 bits per heavy atom. The Kier molecular flexibility index (Phi) is 1.72. The van der Waals surface area contributed by atoms with Crippen molar-refractivity contribution in [3.8, 4) is 5.75 Å². The number of carbonyl (C=O) groups is 1. The minimum atomic E-state index is -0.387. The highest BCUT2D eigenvalue weighted by atomic mass is 16.5. The summed E-state index contributed by atoms with van der Waals surface area (Å²) in [5, 5.41) is 0. The summed E-state index contributed by atoms with van der Waals surface area (Å²) in [4.78, 5) is 10.9. The maximum atomic E-state index is 10.9. The van der Waals surface area contributed by atoms with Crippen LogP contribution in [-0.4, -0.2) is 12.0 Å². The lowest BCUT2D eigenvalue weighted by Crippen LogP contribution is -2.10. The minimum absolute atomic E-state index is 0.207. The Bertz CT molecular complexity index is 360. The number of primary amides is 1. The van der Waals surface area contributed by atoms with Crippen molar-refractivity contribution in [2.75, 3.05) is 0 Å². The van der Waals surface area contributed by atoms with Crippen LogP contribution in [0.1, 0.15) is 22.8 Å². The molecule has 13 heavy (non-hydrogen) atoms. The molecule has 1 atom stereocenters. The maximum Gasteiger partial charge on any atom is 0.248 e. The third-order valence-electron chi connectivity index (χ3n) is 2.18. The molecule has 1 aromatic rings. The topological polar surface area (TPSA) is 52.3 Å². The van der Waals surface area contributed by atoms with Crippen molar-refractivity contribution in [2.45, 2.75) is 19.4 Å². The van der Waals surface area contributed by atoms with Gasteiger partial charge >= 0.3 is 0 Å². The van der Waals surface area contributed by atoms with Gasteiger partial charge in [0.15, 0.2) is 0 Å². The fourth-order valence-corrected chi connectivity index (χ4v) is 1.58. The number of hydrogen-bond acceptors (Lipinski definition) is 2. The lowest BCUT2D eigenvalue weighted by Gasteiger charge is -2.01. The summed E-state index contributed by atoms with van der Waals surface area (Å²) < 4.78 is 5.49. The Morgan fingerprint density at radius 3 is 3.08 bits per heavy atom. The summed E-state index contributed by atoms with van der Waals surface area (Å²) in [5.41, 5.74) is 6.79. The van der Waals surface area contributed by atoms with Gasteiger partial charge in [-0.15, -0.1) is 0 Å². The van der Waals surface area contributed by atoms with E-state index in [0.717, 1.165) is 17.7 Å². The van der Waals surface area contributed by atoms with E-state index in [-0.39, 0.29) is 12.0 Å². The normalized spacial score (nSPS) is 19.3. The van der Waals surface area contributed by atoms with Gasteiger partial charge in [-0.05, 0) is 30.7 Å². The monoisotopic (exact) mass is 177 g/mol. The number of amides is 1. The smallest absolute Gasteiger partial charge is 0.248 e. The SMILES string of the molecule is CC1Cc2cc(C(N)=O)ccc2O1. The summed E-state index contributed by atoms with van der Waals surface area (Å²) in [6, 6.07) is 5.30. The third kappa shape index (κ3) is 1.37. The number of ether oxygens (including phenoxy) is 1. The predicted octanol–water partition coefficient (Wildman–Crippen LogP) is 1.11. The number of benzene rings is 1. The maximum absolute atomic E-state index is 10.9. The molecule has 3 nitrogen and oxygen atoms in total. The Hall–Kier alpha value is -1.51. The van der Waals surface area contributed by atoms with E-state index in [4.69, 9.17) is 10.5 Å². The quantitative estimate of drug-likeness (QED) is 0.698. The molecule has 3 heteroatoms. The van der Waals surface area contributed by atoms with Crippen LogP contribution in [0.25, 0.3) is 0 Å². The van der Waals surface area contributed by atoms with Gasteiger partial charge in [0.05, 0.1) is 0 Å². The fraction of sp³-hybridized carbons (Fsp3) is 0.300. The molecule has 0 fully saturated rings. The van der Waals surface area contributed by atoms with Crippen molar-refractivity contribution < 1.29 is 9.53 Å². The van der Waals surface area contributed by atoms with Crippen LogP contribution < -0.4 is 10.5 Å². The van der Waals surface area contributed by atoms with Crippen molar-refractivity contribution in [3.05, 3.63) is 29.3 Å². The summed E-state index contributed by atoms with van der Waals surface area (Å²) in [7, 11) is 0. The van der Waals surface area contributed by atoms with E-state index in [0.29, 0.717) is 5.56 Å². The van der Waals surface area contributed by atoms with Crippen molar-refractivity contribution in [3.63, 3.8) is 0 Å². The molecule has 1 aliphatic heterocycles. The Labute approximate surface area is 76.5 Å². The third-order valence-corrected chi connectivity index (χ3v) is 2.18. The van der Waals surface area contributed by atoms with Crippen LogP contribution in [0.4, 0.5) is 0 Å². The average Bonchev–Trinajstić information content (AvgIpc) is 2.42. The van der Waals surface area contributed by atoms with Gasteiger partial charge in [-0.3, -0.25) is 4.79 Å². The molecule has 0 saturated carbocycles. The zero-order chi connectivity index (χ0) is 9.42. The van der Waals surface area contributed by atoms with E-state index in [9.17, 15) is 4.79 Å². The molecule has 1 aliphatic rings. The summed E-state index contributed by atoms with van der Waals surface area (Å²) in [5.74, 6) is 0.486. The van der Waals surface area contributed by atoms with Crippen LogP contribution in [0, 0.1) is 0 Å². The van der Waals surface area contributed by atoms with Gasteiger partial charge in [-0.1, -0.05) is 0 Å². The number of rotatable bonds is 1. The van der Waals surface area contributed by atoms with Gasteiger partial charge in [0.1, 0.15) is 11.9 Å². The zero-order valence-electron chi connectivity index (χ0n) is 7.41. The highest BCUT2D eigenvalue weighted by molar-refractivity contribution is 5.93. The summed E-state index contributed by atoms with van der Waals surface area (Å²) in [6.45, 7) is 2.00. The average molecular weight is 177 g/mol. The van der Waals surface area contributed by atoms with E-state index in [1.54, 1.807) is 18.2 Å². The molecule has 0 aromatic heterocycles. The number of fused-ring (bicyclic) bond motifs is 1. The second kappa shape index (κ2) is 2.76. The minimum Gasteiger partial charge on any atom is -0.490 e. The molecule has 0 bridgehead atoms. The molecule has 1 heterocycles. The van der Waals surface area contributed by atoms with Gasteiger partial charge < -0.3 is 10.5 Å². The van der Waals surface area contributed by atoms with Crippen LogP contribution >= 0.6 is 0 Å². The van der Waals surface area contributed by atoms with Gasteiger partial charge in [0, 0.05) is 12.0 Å². The van der Waals surface area contributed by atoms with Crippen molar-refractivity contribution in [1.82, 2.24) is 0 Å². The zero-order valence-corrected chi connectivity index (χ0v) is 7.41. The number of hydrogen-bond donors (Lipinski definition) is 1. The first-order valence-electron chi connectivity index (χ1n) is 4.26. The fourth-order valence-electron chi connectivity index (χ4n) is 1.58. The Balaban J connectivity index is 2.40. The molecule has 1 unspecified atom stereocenters. The van der Waals surface area contributed by atoms with Crippen LogP contribution in [0.15, 0.2) is 18.2 Å². The largest absolute Gasteiger partial charge is 0.490 e. The van der Waals surface area contributed by atoms with Gasteiger partial charge in [-0.2, -0.15) is 0 Å². The first-order valence-corrected chi connectivity index (χ1v) is 4.26. The van der Waals surface area contributed by atoms with Gasteiger partial charge in [-0.25, -0.2) is 0 Å². The van der Waals surface area contributed by atoms with Crippen LogP contribution in [0.2, 0.25) is 0 Å². The van der Waals surface area contributed by atoms with E-state index in [1.807, 2.05) is 6.92 Å². The first kappa shape index (κ1) is 8.10. The predicted molar refractivity (Wildman–Crippen MR) is 48.8 cm³/mol. The summed E-state index contributed by atoms with van der Waals surface area (Å²) in [6.07, 6.45) is 1.06. The van der Waals surface area contributed by atoms with Crippen LogP contribution in [0.5, 0.6) is 5.75 Å². The highest BCUT2D eigenvalue weighted by Gasteiger charge is 2.19. The van der Waals surface area contributed by atoms with Crippen molar-refractivity contribution in [2.24, 2.45) is 5.73 Å². The standard InChI is InChI=1S/C10H11NO2/c1-6-4-8-5-7(10(11)12)2-3-9(8)13-6/h2-3,5-6H,4H2,1H3,(H2,11,12). The molecule has 0 spiro atoms. The highest BCUT2D eigenvalue weighted by Crippen LogP contribution is 2.29. The molecule has 0 radical (unpaired) electrons. The number of carbonyl (C=O) groups excluding carboxylic acids is 1. The second-order valence-corrected chi connectivity index (χ2v) is 3.32. The Morgan fingerprint density at radius 1 is 1.62 bits per heavy atom. The second-order valence-electron chi connectivity index (χ2n) is 3.32. The van der Waals surface area contributed by atoms with Gasteiger partial charge in [0.2, 0.25) is 5.91 Å². The van der Waals surface area contributed by atoms with E-state index < -0.39 is 0 Å². The van der Waals surface area contributed by atoms with Crippen LogP contribution in [0.3, 0.4) is 0 Å². The van der Waals surface area contributed by atoms with E-state index >= 15 is 0 Å². The number of nitrogens with two attached hydrogens (primary N) is 1. The molecule has 2 rings (SSSR count).